The summed E-state index contributed by atoms with van der Waals surface area (Å²) in [7, 11) is 0. The minimum atomic E-state index is -0.484. The average Bonchev–Trinajstić information content (AvgIpc) is 2.24. The van der Waals surface area contributed by atoms with E-state index in [1.807, 2.05) is 32.0 Å². The first kappa shape index (κ1) is 12.5. The van der Waals surface area contributed by atoms with Crippen molar-refractivity contribution in [3.63, 3.8) is 0 Å². The highest BCUT2D eigenvalue weighted by atomic mass is 16.6. The molecule has 1 aromatic carbocycles. The van der Waals surface area contributed by atoms with Crippen LogP contribution in [0, 0.1) is 13.8 Å². The van der Waals surface area contributed by atoms with Gasteiger partial charge in [0.25, 0.3) is 0 Å². The number of rotatable bonds is 4. The number of hydrogen-bond donors (Lipinski definition) is 2. The van der Waals surface area contributed by atoms with Gasteiger partial charge in [0, 0.05) is 13.2 Å². The van der Waals surface area contributed by atoms with Gasteiger partial charge >= 0.3 is 6.09 Å². The van der Waals surface area contributed by atoms with Crippen LogP contribution in [0.2, 0.25) is 0 Å². The molecule has 4 nitrogen and oxygen atoms in total. The van der Waals surface area contributed by atoms with Gasteiger partial charge in [0.1, 0.15) is 5.75 Å². The van der Waals surface area contributed by atoms with E-state index in [0.29, 0.717) is 18.7 Å². The molecule has 88 valence electrons. The van der Waals surface area contributed by atoms with Gasteiger partial charge < -0.3 is 15.2 Å². The standard InChI is InChI=1S/C12H17NO3/c1-9-4-5-10(2)11(8-9)16-12(15)13-6-3-7-14/h4-5,8,14H,3,6-7H2,1-2H3,(H,13,15). The number of nitrogens with one attached hydrogen (secondary N) is 1. The zero-order valence-electron chi connectivity index (χ0n) is 9.62. The quantitative estimate of drug-likeness (QED) is 0.765. The van der Waals surface area contributed by atoms with Crippen molar-refractivity contribution in [1.82, 2.24) is 5.32 Å². The Hall–Kier alpha value is -1.55. The highest BCUT2D eigenvalue weighted by Crippen LogP contribution is 2.18. The zero-order valence-corrected chi connectivity index (χ0v) is 9.62. The number of aliphatic hydroxyl groups excluding tert-OH is 1. The smallest absolute Gasteiger partial charge is 0.410 e. The molecule has 0 saturated heterocycles. The maximum atomic E-state index is 11.3. The fraction of sp³-hybridized carbons (Fsp3) is 0.417. The molecule has 0 fully saturated rings. The molecule has 0 bridgehead atoms. The first-order valence-corrected chi connectivity index (χ1v) is 5.27. The average molecular weight is 223 g/mol. The molecule has 0 aliphatic carbocycles. The minimum absolute atomic E-state index is 0.0593. The first-order valence-electron chi connectivity index (χ1n) is 5.27. The summed E-state index contributed by atoms with van der Waals surface area (Å²) in [6.07, 6.45) is 0.0455. The van der Waals surface area contributed by atoms with Crippen LogP contribution in [0.3, 0.4) is 0 Å². The van der Waals surface area contributed by atoms with Gasteiger partial charge in [0.2, 0.25) is 0 Å². The maximum absolute atomic E-state index is 11.3. The summed E-state index contributed by atoms with van der Waals surface area (Å²) in [6, 6.07) is 5.69. The second kappa shape index (κ2) is 6.12. The summed E-state index contributed by atoms with van der Waals surface area (Å²) in [5.41, 5.74) is 1.96. The van der Waals surface area contributed by atoms with Crippen LogP contribution in [-0.2, 0) is 0 Å². The predicted octanol–water partition coefficient (Wildman–Crippen LogP) is 1.77. The molecule has 0 spiro atoms. The molecule has 1 rings (SSSR count). The van der Waals surface area contributed by atoms with Gasteiger partial charge in [0.05, 0.1) is 0 Å². The van der Waals surface area contributed by atoms with E-state index in [2.05, 4.69) is 5.32 Å². The highest BCUT2D eigenvalue weighted by molar-refractivity contribution is 5.70. The normalized spacial score (nSPS) is 9.94. The summed E-state index contributed by atoms with van der Waals surface area (Å²) >= 11 is 0. The number of hydrogen-bond acceptors (Lipinski definition) is 3. The molecule has 2 N–H and O–H groups in total. The monoisotopic (exact) mass is 223 g/mol. The SMILES string of the molecule is Cc1ccc(C)c(OC(=O)NCCCO)c1. The summed E-state index contributed by atoms with van der Waals surface area (Å²) in [5, 5.41) is 11.1. The Kier molecular flexibility index (Phi) is 4.79. The summed E-state index contributed by atoms with van der Waals surface area (Å²) in [5.74, 6) is 0.571. The Balaban J connectivity index is 2.52. The first-order chi connectivity index (χ1) is 7.63. The number of amides is 1. The second-order valence-electron chi connectivity index (χ2n) is 3.66. The maximum Gasteiger partial charge on any atom is 0.412 e. The summed E-state index contributed by atoms with van der Waals surface area (Å²) in [4.78, 5) is 11.3. The lowest BCUT2D eigenvalue weighted by Gasteiger charge is -2.08. The van der Waals surface area contributed by atoms with Crippen molar-refractivity contribution in [2.75, 3.05) is 13.2 Å². The van der Waals surface area contributed by atoms with Gasteiger partial charge in [-0.15, -0.1) is 0 Å². The molecule has 0 aliphatic rings. The molecule has 0 aromatic heterocycles. The lowest BCUT2D eigenvalue weighted by molar-refractivity contribution is 0.198. The predicted molar refractivity (Wildman–Crippen MR) is 61.6 cm³/mol. The van der Waals surface area contributed by atoms with Crippen molar-refractivity contribution in [1.29, 1.82) is 0 Å². The lowest BCUT2D eigenvalue weighted by atomic mass is 10.1. The van der Waals surface area contributed by atoms with Crippen molar-refractivity contribution in [2.45, 2.75) is 20.3 Å². The van der Waals surface area contributed by atoms with Crippen molar-refractivity contribution in [3.05, 3.63) is 29.3 Å². The van der Waals surface area contributed by atoms with Gasteiger partial charge in [-0.3, -0.25) is 0 Å². The fourth-order valence-corrected chi connectivity index (χ4v) is 1.22. The molecular formula is C12H17NO3. The molecule has 16 heavy (non-hydrogen) atoms. The third-order valence-corrected chi connectivity index (χ3v) is 2.15. The van der Waals surface area contributed by atoms with Crippen LogP contribution in [0.1, 0.15) is 17.5 Å². The molecule has 4 heteroatoms. The van der Waals surface area contributed by atoms with Gasteiger partial charge in [-0.05, 0) is 37.5 Å². The van der Waals surface area contributed by atoms with Gasteiger partial charge in [-0.1, -0.05) is 12.1 Å². The van der Waals surface area contributed by atoms with Gasteiger partial charge in [-0.2, -0.15) is 0 Å². The van der Waals surface area contributed by atoms with Gasteiger partial charge in [-0.25, -0.2) is 4.79 Å². The van der Waals surface area contributed by atoms with Crippen molar-refractivity contribution < 1.29 is 14.6 Å². The molecule has 0 atom stereocenters. The van der Waals surface area contributed by atoms with Crippen LogP contribution in [0.4, 0.5) is 4.79 Å². The zero-order chi connectivity index (χ0) is 12.0. The second-order valence-corrected chi connectivity index (χ2v) is 3.66. The lowest BCUT2D eigenvalue weighted by Crippen LogP contribution is -2.28. The van der Waals surface area contributed by atoms with Crippen LogP contribution in [0.25, 0.3) is 0 Å². The van der Waals surface area contributed by atoms with E-state index in [0.717, 1.165) is 11.1 Å². The molecule has 0 heterocycles. The Morgan fingerprint density at radius 3 is 2.88 bits per heavy atom. The number of aliphatic hydroxyl groups is 1. The van der Waals surface area contributed by atoms with Crippen LogP contribution >= 0.6 is 0 Å². The molecule has 1 aromatic rings. The fourth-order valence-electron chi connectivity index (χ4n) is 1.22. The van der Waals surface area contributed by atoms with Crippen LogP contribution < -0.4 is 10.1 Å². The number of ether oxygens (including phenoxy) is 1. The van der Waals surface area contributed by atoms with E-state index in [9.17, 15) is 4.79 Å². The van der Waals surface area contributed by atoms with E-state index in [1.54, 1.807) is 0 Å². The Labute approximate surface area is 95.2 Å². The summed E-state index contributed by atoms with van der Waals surface area (Å²) < 4.78 is 5.14. The number of carbonyl (C=O) groups is 1. The summed E-state index contributed by atoms with van der Waals surface area (Å²) in [6.45, 7) is 4.30. The van der Waals surface area contributed by atoms with Crippen molar-refractivity contribution in [2.24, 2.45) is 0 Å². The number of carbonyl (C=O) groups excluding carboxylic acids is 1. The van der Waals surface area contributed by atoms with Gasteiger partial charge in [0.15, 0.2) is 0 Å². The van der Waals surface area contributed by atoms with Crippen molar-refractivity contribution >= 4 is 6.09 Å². The Morgan fingerprint density at radius 1 is 1.44 bits per heavy atom. The molecule has 1 amide bonds. The molecule has 0 unspecified atom stereocenters. The van der Waals surface area contributed by atoms with E-state index in [-0.39, 0.29) is 6.61 Å². The number of aryl methyl sites for hydroxylation is 2. The van der Waals surface area contributed by atoms with E-state index in [1.165, 1.54) is 0 Å². The van der Waals surface area contributed by atoms with Crippen LogP contribution in [0.15, 0.2) is 18.2 Å². The molecule has 0 radical (unpaired) electrons. The Bertz CT molecular complexity index is 363. The van der Waals surface area contributed by atoms with Crippen molar-refractivity contribution in [3.8, 4) is 5.75 Å². The van der Waals surface area contributed by atoms with E-state index >= 15 is 0 Å². The number of benzene rings is 1. The van der Waals surface area contributed by atoms with Crippen LogP contribution in [-0.4, -0.2) is 24.4 Å². The van der Waals surface area contributed by atoms with E-state index in [4.69, 9.17) is 9.84 Å². The largest absolute Gasteiger partial charge is 0.412 e. The van der Waals surface area contributed by atoms with E-state index < -0.39 is 6.09 Å². The van der Waals surface area contributed by atoms with Crippen LogP contribution in [0.5, 0.6) is 5.75 Å². The Morgan fingerprint density at radius 2 is 2.19 bits per heavy atom. The third-order valence-electron chi connectivity index (χ3n) is 2.15. The third kappa shape index (κ3) is 3.90. The molecule has 0 saturated carbocycles. The molecular weight excluding hydrogens is 206 g/mol. The molecule has 0 aliphatic heterocycles. The minimum Gasteiger partial charge on any atom is -0.410 e. The highest BCUT2D eigenvalue weighted by Gasteiger charge is 2.06. The topological polar surface area (TPSA) is 58.6 Å².